The molecule has 0 aliphatic carbocycles. The van der Waals surface area contributed by atoms with Crippen LogP contribution in [0.3, 0.4) is 0 Å². The van der Waals surface area contributed by atoms with Crippen LogP contribution >= 0.6 is 17.9 Å². The summed E-state index contributed by atoms with van der Waals surface area (Å²) in [7, 11) is 0. The standard InChI is InChI=1S/CH4NO2PS2/c3-1-2-5(4,6)7/h1H,(H3,2,3,4,6,7). The third-order valence-electron chi connectivity index (χ3n) is 0.221. The van der Waals surface area contributed by atoms with Crippen molar-refractivity contribution in [2.24, 2.45) is 0 Å². The minimum atomic E-state index is -2.76. The Kier molecular flexibility index (Phi) is 2.83. The summed E-state index contributed by atoms with van der Waals surface area (Å²) in [5.74, 6) is 0. The van der Waals surface area contributed by atoms with Crippen LogP contribution in [0.4, 0.5) is 0 Å². The minimum absolute atomic E-state index is 0.327. The molecule has 0 aliphatic rings. The maximum absolute atomic E-state index is 9.46. The van der Waals surface area contributed by atoms with Crippen LogP contribution in [0.2, 0.25) is 0 Å². The number of rotatable bonds is 2. The van der Waals surface area contributed by atoms with Crippen molar-refractivity contribution in [3.63, 3.8) is 0 Å². The van der Waals surface area contributed by atoms with E-state index in [1.165, 1.54) is 0 Å². The van der Waals surface area contributed by atoms with Gasteiger partial charge in [-0.05, 0) is 11.8 Å². The predicted octanol–water partition coefficient (Wildman–Crippen LogP) is -0.121. The second-order valence-electron chi connectivity index (χ2n) is 0.791. The zero-order valence-corrected chi connectivity index (χ0v) is 5.84. The van der Waals surface area contributed by atoms with Crippen molar-refractivity contribution in [2.45, 2.75) is 0 Å². The minimum Gasteiger partial charge on any atom is -0.342 e. The highest BCUT2D eigenvalue weighted by Gasteiger charge is 1.98. The van der Waals surface area contributed by atoms with Crippen LogP contribution < -0.4 is 5.09 Å². The van der Waals surface area contributed by atoms with Crippen molar-refractivity contribution >= 4 is 36.1 Å². The lowest BCUT2D eigenvalue weighted by molar-refractivity contribution is -0.108. The van der Waals surface area contributed by atoms with Crippen molar-refractivity contribution in [3.05, 3.63) is 0 Å². The van der Waals surface area contributed by atoms with Gasteiger partial charge in [0.25, 0.3) is 0 Å². The Morgan fingerprint density at radius 3 is 2.43 bits per heavy atom. The number of amides is 1. The molecule has 0 radical (unpaired) electrons. The van der Waals surface area contributed by atoms with Crippen LogP contribution in [0.5, 0.6) is 0 Å². The molecule has 0 heterocycles. The van der Waals surface area contributed by atoms with Crippen LogP contribution in [0.25, 0.3) is 0 Å². The number of thiol groups is 1. The molecule has 0 spiro atoms. The smallest absolute Gasteiger partial charge is 0.213 e. The molecule has 0 saturated heterocycles. The lowest BCUT2D eigenvalue weighted by Gasteiger charge is -2.01. The van der Waals surface area contributed by atoms with E-state index >= 15 is 0 Å². The zero-order valence-electron chi connectivity index (χ0n) is 3.24. The summed E-state index contributed by atoms with van der Waals surface area (Å²) in [5, 5.41) is 1.95. The number of nitrogens with one attached hydrogen (secondary N) is 1. The Morgan fingerprint density at radius 1 is 2.00 bits per heavy atom. The number of carbonyl (C=O) groups is 1. The molecule has 0 aromatic heterocycles. The van der Waals surface area contributed by atoms with Crippen molar-refractivity contribution in [1.29, 1.82) is 0 Å². The van der Waals surface area contributed by atoms with E-state index in [0.717, 1.165) is 0 Å². The predicted molar refractivity (Wildman–Crippen MR) is 34.7 cm³/mol. The van der Waals surface area contributed by atoms with Gasteiger partial charge in [-0.15, -0.1) is 0 Å². The topological polar surface area (TPSA) is 49.3 Å². The summed E-state index contributed by atoms with van der Waals surface area (Å²) in [6.45, 7) is 0. The van der Waals surface area contributed by atoms with Crippen LogP contribution in [0, 0.1) is 0 Å². The van der Waals surface area contributed by atoms with Crippen molar-refractivity contribution in [3.8, 4) is 0 Å². The molecule has 0 rings (SSSR count). The summed E-state index contributed by atoms with van der Waals surface area (Å²) >= 11 is 7.75. The van der Waals surface area contributed by atoms with Gasteiger partial charge in [-0.2, -0.15) is 0 Å². The van der Waals surface area contributed by atoms with Gasteiger partial charge in [0, 0.05) is 0 Å². The molecular formula is CH4NO2PS2. The van der Waals surface area contributed by atoms with E-state index in [1.54, 1.807) is 0 Å². The first-order valence-corrected chi connectivity index (χ1v) is 5.24. The summed E-state index contributed by atoms with van der Waals surface area (Å²) in [6, 6.07) is 0. The highest BCUT2D eigenvalue weighted by atomic mass is 32.9. The maximum Gasteiger partial charge on any atom is 0.213 e. The molecule has 7 heavy (non-hydrogen) atoms. The maximum atomic E-state index is 9.46. The molecule has 1 amide bonds. The third-order valence-corrected chi connectivity index (χ3v) is 1.33. The van der Waals surface area contributed by atoms with Crippen LogP contribution in [-0.4, -0.2) is 11.3 Å². The summed E-state index contributed by atoms with van der Waals surface area (Å²) in [5.41, 5.74) is -2.76. The summed E-state index contributed by atoms with van der Waals surface area (Å²) in [6.07, 6.45) is 0.327. The SMILES string of the molecule is O=CNP(O)(=S)S. The van der Waals surface area contributed by atoms with Gasteiger partial charge >= 0.3 is 0 Å². The second-order valence-corrected chi connectivity index (χ2v) is 6.27. The molecule has 1 unspecified atom stereocenters. The first-order chi connectivity index (χ1) is 3.06. The lowest BCUT2D eigenvalue weighted by atomic mass is 11.5. The highest BCUT2D eigenvalue weighted by molar-refractivity contribution is 8.60. The molecule has 42 valence electrons. The molecule has 1 atom stereocenters. The first-order valence-electron chi connectivity index (χ1n) is 1.33. The fraction of sp³-hybridized carbons (Fsp3) is 0. The fourth-order valence-electron chi connectivity index (χ4n) is 0.0687. The zero-order chi connectivity index (χ0) is 5.91. The van der Waals surface area contributed by atoms with Gasteiger partial charge in [-0.25, -0.2) is 0 Å². The van der Waals surface area contributed by atoms with E-state index in [1.807, 2.05) is 5.09 Å². The molecule has 0 aliphatic heterocycles. The molecule has 0 bridgehead atoms. The Labute approximate surface area is 51.4 Å². The summed E-state index contributed by atoms with van der Waals surface area (Å²) < 4.78 is 0. The molecule has 0 fully saturated rings. The van der Waals surface area contributed by atoms with Gasteiger partial charge in [0.15, 0.2) is 0 Å². The average Bonchev–Trinajstić information content (AvgIpc) is 1.30. The average molecular weight is 157 g/mol. The van der Waals surface area contributed by atoms with Crippen molar-refractivity contribution in [1.82, 2.24) is 5.09 Å². The second kappa shape index (κ2) is 2.67. The molecule has 0 saturated carbocycles. The number of carbonyl (C=O) groups excluding carboxylic acids is 1. The van der Waals surface area contributed by atoms with E-state index in [2.05, 4.69) is 24.1 Å². The summed E-state index contributed by atoms with van der Waals surface area (Å²) in [4.78, 5) is 17.9. The lowest BCUT2D eigenvalue weighted by Crippen LogP contribution is -2.00. The van der Waals surface area contributed by atoms with E-state index in [-0.39, 0.29) is 0 Å². The van der Waals surface area contributed by atoms with Gasteiger partial charge in [-0.3, -0.25) is 4.79 Å². The Balaban J connectivity index is 3.57. The first kappa shape index (κ1) is 7.43. The number of hydrogen-bond acceptors (Lipinski definition) is 2. The van der Waals surface area contributed by atoms with Crippen LogP contribution in [-0.2, 0) is 16.6 Å². The molecule has 6 heteroatoms. The molecule has 0 aromatic carbocycles. The quantitative estimate of drug-likeness (QED) is 0.297. The molecule has 3 nitrogen and oxygen atoms in total. The Bertz CT molecular complexity index is 108. The fourth-order valence-corrected chi connectivity index (χ4v) is 0.476. The Morgan fingerprint density at radius 2 is 2.43 bits per heavy atom. The molecule has 0 aromatic rings. The number of hydrogen-bond donors (Lipinski definition) is 3. The van der Waals surface area contributed by atoms with Crippen LogP contribution in [0.1, 0.15) is 0 Å². The third kappa shape index (κ3) is 6.43. The van der Waals surface area contributed by atoms with E-state index in [0.29, 0.717) is 6.41 Å². The van der Waals surface area contributed by atoms with Crippen molar-refractivity contribution in [2.75, 3.05) is 0 Å². The van der Waals surface area contributed by atoms with Gasteiger partial charge in [0.1, 0.15) is 0 Å². The van der Waals surface area contributed by atoms with E-state index in [4.69, 9.17) is 4.89 Å². The largest absolute Gasteiger partial charge is 0.342 e. The van der Waals surface area contributed by atoms with Gasteiger partial charge in [0.05, 0.1) is 0 Å². The molecule has 2 N–H and O–H groups in total. The van der Waals surface area contributed by atoms with Crippen molar-refractivity contribution < 1.29 is 9.69 Å². The Hall–Kier alpha value is 0.430. The highest BCUT2D eigenvalue weighted by Crippen LogP contribution is 2.39. The van der Waals surface area contributed by atoms with Gasteiger partial charge in [-0.1, -0.05) is 12.2 Å². The normalized spacial score (nSPS) is 17.4. The molecular weight excluding hydrogens is 153 g/mol. The van der Waals surface area contributed by atoms with E-state index in [9.17, 15) is 4.79 Å². The monoisotopic (exact) mass is 157 g/mol. The van der Waals surface area contributed by atoms with Gasteiger partial charge in [0.2, 0.25) is 12.0 Å². The van der Waals surface area contributed by atoms with E-state index < -0.39 is 5.62 Å². The van der Waals surface area contributed by atoms with Crippen LogP contribution in [0.15, 0.2) is 0 Å². The van der Waals surface area contributed by atoms with Gasteiger partial charge < -0.3 is 9.98 Å².